The maximum absolute atomic E-state index is 12.8. The molecule has 1 fully saturated rings. The summed E-state index contributed by atoms with van der Waals surface area (Å²) in [7, 11) is 1.66. The first-order valence-electron chi connectivity index (χ1n) is 9.62. The quantitative estimate of drug-likeness (QED) is 0.669. The molecule has 28 heavy (non-hydrogen) atoms. The number of hydrogen-bond donors (Lipinski definition) is 0. The predicted octanol–water partition coefficient (Wildman–Crippen LogP) is 4.00. The fourth-order valence-corrected chi connectivity index (χ4v) is 3.54. The molecular weight excluding hydrogens is 356 g/mol. The molecule has 1 aliphatic heterocycles. The number of amides is 1. The molecule has 1 saturated heterocycles. The van der Waals surface area contributed by atoms with E-state index in [0.29, 0.717) is 25.4 Å². The van der Waals surface area contributed by atoms with Gasteiger partial charge in [-0.15, -0.1) is 0 Å². The molecule has 2 aromatic carbocycles. The summed E-state index contributed by atoms with van der Waals surface area (Å²) < 4.78 is 16.5. The van der Waals surface area contributed by atoms with Crippen LogP contribution in [0.3, 0.4) is 0 Å². The summed E-state index contributed by atoms with van der Waals surface area (Å²) in [6.45, 7) is 3.61. The Kier molecular flexibility index (Phi) is 5.30. The van der Waals surface area contributed by atoms with Gasteiger partial charge < -0.3 is 18.9 Å². The number of aryl methyl sites for hydroxylation is 1. The Morgan fingerprint density at radius 1 is 1.21 bits per heavy atom. The molecule has 0 saturated carbocycles. The second-order valence-electron chi connectivity index (χ2n) is 7.01. The molecular formula is C22H24N2O4. The first-order valence-corrected chi connectivity index (χ1v) is 9.62. The molecule has 6 heteroatoms. The first-order chi connectivity index (χ1) is 13.7. The smallest absolute Gasteiger partial charge is 0.276 e. The average molecular weight is 380 g/mol. The highest BCUT2D eigenvalue weighted by Gasteiger charge is 2.28. The number of fused-ring (bicyclic) bond motifs is 1. The Hall–Kier alpha value is -2.86. The summed E-state index contributed by atoms with van der Waals surface area (Å²) in [4.78, 5) is 14.6. The minimum Gasteiger partial charge on any atom is -0.497 e. The van der Waals surface area contributed by atoms with Crippen molar-refractivity contribution in [3.63, 3.8) is 0 Å². The third-order valence-electron chi connectivity index (χ3n) is 5.07. The van der Waals surface area contributed by atoms with Crippen LogP contribution in [0.25, 0.3) is 10.8 Å². The molecule has 1 aromatic heterocycles. The summed E-state index contributed by atoms with van der Waals surface area (Å²) in [5.74, 6) is 1.48. The summed E-state index contributed by atoms with van der Waals surface area (Å²) in [6, 6.07) is 14.0. The molecule has 146 valence electrons. The van der Waals surface area contributed by atoms with Crippen LogP contribution in [0, 0.1) is 0 Å². The topological polar surface area (TPSA) is 64.8 Å². The van der Waals surface area contributed by atoms with Gasteiger partial charge in [0, 0.05) is 19.0 Å². The van der Waals surface area contributed by atoms with E-state index in [2.05, 4.69) is 30.3 Å². The Bertz CT molecular complexity index is 982. The molecule has 1 aliphatic rings. The lowest BCUT2D eigenvalue weighted by atomic mass is 10.0. The standard InChI is InChI=1S/C22H24N2O4/c1-3-4-19-13-20(23-28-19)22(25)24-9-10-27-21(14-24)17-6-5-16-12-18(26-2)8-7-15(16)11-17/h5-8,11-13,21H,3-4,9-10,14H2,1-2H3/t21-/m0/s1. The highest BCUT2D eigenvalue weighted by molar-refractivity contribution is 5.92. The maximum atomic E-state index is 12.8. The van der Waals surface area contributed by atoms with Crippen molar-refractivity contribution in [1.29, 1.82) is 0 Å². The van der Waals surface area contributed by atoms with Gasteiger partial charge in [0.05, 0.1) is 20.3 Å². The number of aromatic nitrogens is 1. The molecule has 0 bridgehead atoms. The second kappa shape index (κ2) is 8.02. The molecule has 0 N–H and O–H groups in total. The van der Waals surface area contributed by atoms with Gasteiger partial charge in [-0.2, -0.15) is 0 Å². The van der Waals surface area contributed by atoms with Crippen LogP contribution >= 0.6 is 0 Å². The van der Waals surface area contributed by atoms with Crippen LogP contribution in [0.1, 0.15) is 41.3 Å². The molecule has 4 rings (SSSR count). The van der Waals surface area contributed by atoms with Crippen molar-refractivity contribution in [1.82, 2.24) is 10.1 Å². The van der Waals surface area contributed by atoms with Crippen LogP contribution in [-0.4, -0.2) is 42.8 Å². The molecule has 6 nitrogen and oxygen atoms in total. The van der Waals surface area contributed by atoms with Gasteiger partial charge in [0.1, 0.15) is 17.6 Å². The van der Waals surface area contributed by atoms with E-state index in [1.807, 2.05) is 18.2 Å². The second-order valence-corrected chi connectivity index (χ2v) is 7.01. The van der Waals surface area contributed by atoms with E-state index in [1.54, 1.807) is 18.1 Å². The van der Waals surface area contributed by atoms with Crippen molar-refractivity contribution in [2.45, 2.75) is 25.9 Å². The average Bonchev–Trinajstić information content (AvgIpc) is 3.21. The van der Waals surface area contributed by atoms with Crippen LogP contribution in [0.4, 0.5) is 0 Å². The van der Waals surface area contributed by atoms with E-state index in [4.69, 9.17) is 14.0 Å². The maximum Gasteiger partial charge on any atom is 0.276 e. The largest absolute Gasteiger partial charge is 0.497 e. The highest BCUT2D eigenvalue weighted by Crippen LogP contribution is 2.28. The lowest BCUT2D eigenvalue weighted by Gasteiger charge is -2.32. The van der Waals surface area contributed by atoms with Crippen molar-refractivity contribution in [3.8, 4) is 5.75 Å². The zero-order valence-corrected chi connectivity index (χ0v) is 16.2. The van der Waals surface area contributed by atoms with Crippen molar-refractivity contribution in [2.24, 2.45) is 0 Å². The molecule has 1 amide bonds. The number of nitrogens with zero attached hydrogens (tertiary/aromatic N) is 2. The van der Waals surface area contributed by atoms with Gasteiger partial charge in [-0.1, -0.05) is 30.3 Å². The van der Waals surface area contributed by atoms with Gasteiger partial charge in [0.15, 0.2) is 5.69 Å². The monoisotopic (exact) mass is 380 g/mol. The van der Waals surface area contributed by atoms with Gasteiger partial charge in [-0.3, -0.25) is 4.79 Å². The van der Waals surface area contributed by atoms with Crippen molar-refractivity contribution in [3.05, 3.63) is 59.5 Å². The van der Waals surface area contributed by atoms with E-state index >= 15 is 0 Å². The predicted molar refractivity (Wildman–Crippen MR) is 106 cm³/mol. The molecule has 0 spiro atoms. The van der Waals surface area contributed by atoms with Crippen LogP contribution in [-0.2, 0) is 11.2 Å². The number of carbonyl (C=O) groups is 1. The van der Waals surface area contributed by atoms with Crippen LogP contribution in [0.2, 0.25) is 0 Å². The minimum atomic E-state index is -0.161. The molecule has 0 aliphatic carbocycles. The van der Waals surface area contributed by atoms with Gasteiger partial charge in [0.2, 0.25) is 0 Å². The van der Waals surface area contributed by atoms with Gasteiger partial charge in [-0.25, -0.2) is 0 Å². The summed E-state index contributed by atoms with van der Waals surface area (Å²) >= 11 is 0. The number of rotatable bonds is 5. The third kappa shape index (κ3) is 3.73. The van der Waals surface area contributed by atoms with Gasteiger partial charge in [0.25, 0.3) is 5.91 Å². The first kappa shape index (κ1) is 18.5. The SMILES string of the molecule is CCCc1cc(C(=O)N2CCO[C@H](c3ccc4cc(OC)ccc4c3)C2)no1. The molecule has 3 aromatic rings. The van der Waals surface area contributed by atoms with Gasteiger partial charge in [-0.05, 0) is 41.0 Å². The van der Waals surface area contributed by atoms with E-state index in [0.717, 1.165) is 40.7 Å². The third-order valence-corrected chi connectivity index (χ3v) is 5.07. The number of methoxy groups -OCH3 is 1. The summed E-state index contributed by atoms with van der Waals surface area (Å²) in [5, 5.41) is 6.17. The molecule has 0 radical (unpaired) electrons. The van der Waals surface area contributed by atoms with Crippen LogP contribution in [0.15, 0.2) is 47.0 Å². The fraction of sp³-hybridized carbons (Fsp3) is 0.364. The lowest BCUT2D eigenvalue weighted by Crippen LogP contribution is -2.42. The van der Waals surface area contributed by atoms with E-state index in [9.17, 15) is 4.79 Å². The molecule has 2 heterocycles. The Balaban J connectivity index is 1.51. The van der Waals surface area contributed by atoms with Crippen LogP contribution in [0.5, 0.6) is 5.75 Å². The lowest BCUT2D eigenvalue weighted by molar-refractivity contribution is -0.0230. The Morgan fingerprint density at radius 2 is 2.04 bits per heavy atom. The Labute approximate surface area is 164 Å². The van der Waals surface area contributed by atoms with Crippen molar-refractivity contribution in [2.75, 3.05) is 26.8 Å². The Morgan fingerprint density at radius 3 is 2.86 bits per heavy atom. The molecule has 0 unspecified atom stereocenters. The number of carbonyl (C=O) groups excluding carboxylic acids is 1. The zero-order valence-electron chi connectivity index (χ0n) is 16.2. The van der Waals surface area contributed by atoms with E-state index in [1.165, 1.54) is 0 Å². The normalized spacial score (nSPS) is 17.1. The van der Waals surface area contributed by atoms with Crippen molar-refractivity contribution >= 4 is 16.7 Å². The minimum absolute atomic E-state index is 0.107. The molecule has 1 atom stereocenters. The number of benzene rings is 2. The van der Waals surface area contributed by atoms with E-state index < -0.39 is 0 Å². The summed E-state index contributed by atoms with van der Waals surface area (Å²) in [6.07, 6.45) is 1.58. The van der Waals surface area contributed by atoms with Crippen LogP contribution < -0.4 is 4.74 Å². The number of morpholine rings is 1. The fourth-order valence-electron chi connectivity index (χ4n) is 3.54. The van der Waals surface area contributed by atoms with Gasteiger partial charge >= 0.3 is 0 Å². The zero-order chi connectivity index (χ0) is 19.5. The van der Waals surface area contributed by atoms with E-state index in [-0.39, 0.29) is 12.0 Å². The van der Waals surface area contributed by atoms with Crippen molar-refractivity contribution < 1.29 is 18.8 Å². The highest BCUT2D eigenvalue weighted by atomic mass is 16.5. The number of hydrogen-bond acceptors (Lipinski definition) is 5. The number of ether oxygens (including phenoxy) is 2. The summed E-state index contributed by atoms with van der Waals surface area (Å²) in [5.41, 5.74) is 1.43.